The zero-order valence-electron chi connectivity index (χ0n) is 10.9. The summed E-state index contributed by atoms with van der Waals surface area (Å²) in [5.74, 6) is 1.60. The maximum absolute atomic E-state index is 5.82. The molecule has 0 spiro atoms. The molecule has 0 aromatic heterocycles. The summed E-state index contributed by atoms with van der Waals surface area (Å²) in [6, 6.07) is 8.57. The molecule has 0 unspecified atom stereocenters. The molecule has 2 rings (SSSR count). The first-order chi connectivity index (χ1) is 9.19. The summed E-state index contributed by atoms with van der Waals surface area (Å²) >= 11 is 9.95. The van der Waals surface area contributed by atoms with E-state index in [4.69, 9.17) is 11.6 Å². The minimum absolute atomic E-state index is 0.794. The molecule has 0 atom stereocenters. The highest BCUT2D eigenvalue weighted by Crippen LogP contribution is 2.32. The predicted octanol–water partition coefficient (Wildman–Crippen LogP) is 5.20. The standard InChI is InChI=1S/C15H19ClINS/c1-12(19-15-4-2-3-14(17)11-15)18-9-6-13(5-8-16)7-10-18/h2-4,11,13H,1,5-10H2. The van der Waals surface area contributed by atoms with E-state index in [1.807, 2.05) is 0 Å². The van der Waals surface area contributed by atoms with E-state index in [0.717, 1.165) is 31.3 Å². The van der Waals surface area contributed by atoms with Crippen LogP contribution in [0.1, 0.15) is 19.3 Å². The van der Waals surface area contributed by atoms with E-state index in [-0.39, 0.29) is 0 Å². The van der Waals surface area contributed by atoms with E-state index in [1.165, 1.54) is 26.3 Å². The van der Waals surface area contributed by atoms with Gasteiger partial charge in [-0.3, -0.25) is 0 Å². The number of alkyl halides is 1. The molecule has 0 amide bonds. The summed E-state index contributed by atoms with van der Waals surface area (Å²) in [5, 5.41) is 1.17. The minimum atomic E-state index is 0.794. The first-order valence-corrected chi connectivity index (χ1v) is 9.05. The van der Waals surface area contributed by atoms with Crippen LogP contribution < -0.4 is 0 Å². The summed E-state index contributed by atoms with van der Waals surface area (Å²) in [6.07, 6.45) is 3.66. The van der Waals surface area contributed by atoms with Gasteiger partial charge in [0, 0.05) is 27.4 Å². The zero-order valence-corrected chi connectivity index (χ0v) is 14.7. The number of thioether (sulfide) groups is 1. The Morgan fingerprint density at radius 3 is 2.79 bits per heavy atom. The van der Waals surface area contributed by atoms with Gasteiger partial charge in [-0.1, -0.05) is 24.4 Å². The fourth-order valence-electron chi connectivity index (χ4n) is 2.36. The van der Waals surface area contributed by atoms with Crippen LogP contribution in [0.3, 0.4) is 0 Å². The number of rotatable bonds is 5. The maximum Gasteiger partial charge on any atom is 0.0682 e. The van der Waals surface area contributed by atoms with Crippen LogP contribution in [-0.4, -0.2) is 23.9 Å². The lowest BCUT2D eigenvalue weighted by Crippen LogP contribution is -2.32. The number of hydrogen-bond donors (Lipinski definition) is 0. The number of benzene rings is 1. The highest BCUT2D eigenvalue weighted by molar-refractivity contribution is 14.1. The summed E-state index contributed by atoms with van der Waals surface area (Å²) in [7, 11) is 0. The monoisotopic (exact) mass is 407 g/mol. The van der Waals surface area contributed by atoms with Crippen LogP contribution in [0, 0.1) is 9.49 Å². The van der Waals surface area contributed by atoms with Gasteiger partial charge in [-0.15, -0.1) is 11.6 Å². The molecule has 19 heavy (non-hydrogen) atoms. The molecule has 0 saturated carbocycles. The Balaban J connectivity index is 1.84. The number of nitrogens with zero attached hydrogens (tertiary/aromatic N) is 1. The molecule has 1 aliphatic rings. The molecule has 1 aromatic carbocycles. The number of likely N-dealkylation sites (tertiary alicyclic amines) is 1. The molecule has 1 aliphatic heterocycles. The molecule has 1 saturated heterocycles. The Labute approximate surface area is 138 Å². The molecule has 0 aliphatic carbocycles. The van der Waals surface area contributed by atoms with Gasteiger partial charge in [-0.05, 0) is 66.0 Å². The van der Waals surface area contributed by atoms with Crippen molar-refractivity contribution in [3.05, 3.63) is 39.4 Å². The number of halogens is 2. The van der Waals surface area contributed by atoms with Crippen molar-refractivity contribution in [1.82, 2.24) is 4.90 Å². The number of piperidine rings is 1. The van der Waals surface area contributed by atoms with Gasteiger partial charge in [0.05, 0.1) is 5.03 Å². The van der Waals surface area contributed by atoms with Gasteiger partial charge in [0.1, 0.15) is 0 Å². The smallest absolute Gasteiger partial charge is 0.0682 e. The largest absolute Gasteiger partial charge is 0.367 e. The van der Waals surface area contributed by atoms with Gasteiger partial charge in [0.2, 0.25) is 0 Å². The van der Waals surface area contributed by atoms with Crippen molar-refractivity contribution in [2.45, 2.75) is 24.2 Å². The zero-order chi connectivity index (χ0) is 13.7. The third kappa shape index (κ3) is 4.87. The van der Waals surface area contributed by atoms with Crippen molar-refractivity contribution in [3.8, 4) is 0 Å². The molecular formula is C15H19ClINS. The fourth-order valence-corrected chi connectivity index (χ4v) is 4.34. The molecule has 4 heteroatoms. The van der Waals surface area contributed by atoms with Crippen LogP contribution in [0.25, 0.3) is 0 Å². The van der Waals surface area contributed by atoms with Crippen LogP contribution >= 0.6 is 46.0 Å². The second kappa shape index (κ2) is 7.79. The molecule has 104 valence electrons. The molecule has 1 nitrogen and oxygen atoms in total. The van der Waals surface area contributed by atoms with E-state index in [0.29, 0.717) is 0 Å². The second-order valence-electron chi connectivity index (χ2n) is 4.86. The number of hydrogen-bond acceptors (Lipinski definition) is 2. The molecule has 1 heterocycles. The molecule has 0 N–H and O–H groups in total. The fraction of sp³-hybridized carbons (Fsp3) is 0.467. The van der Waals surface area contributed by atoms with E-state index < -0.39 is 0 Å². The molecule has 1 aromatic rings. The van der Waals surface area contributed by atoms with Crippen molar-refractivity contribution >= 4 is 46.0 Å². The van der Waals surface area contributed by atoms with Crippen LogP contribution in [0.15, 0.2) is 40.8 Å². The first-order valence-electron chi connectivity index (χ1n) is 6.62. The van der Waals surface area contributed by atoms with Crippen LogP contribution in [0.5, 0.6) is 0 Å². The Kier molecular flexibility index (Phi) is 6.36. The van der Waals surface area contributed by atoms with Crippen LogP contribution in [0.2, 0.25) is 0 Å². The third-order valence-electron chi connectivity index (χ3n) is 3.52. The molecular weight excluding hydrogens is 389 g/mol. The van der Waals surface area contributed by atoms with E-state index >= 15 is 0 Å². The first kappa shape index (κ1) is 15.5. The average Bonchev–Trinajstić information content (AvgIpc) is 2.40. The highest BCUT2D eigenvalue weighted by atomic mass is 127. The summed E-state index contributed by atoms with van der Waals surface area (Å²) in [5.41, 5.74) is 0. The van der Waals surface area contributed by atoms with Gasteiger partial charge in [-0.25, -0.2) is 0 Å². The van der Waals surface area contributed by atoms with Crippen molar-refractivity contribution in [1.29, 1.82) is 0 Å². The predicted molar refractivity (Wildman–Crippen MR) is 93.8 cm³/mol. The van der Waals surface area contributed by atoms with Crippen LogP contribution in [0.4, 0.5) is 0 Å². The van der Waals surface area contributed by atoms with Crippen molar-refractivity contribution < 1.29 is 0 Å². The van der Waals surface area contributed by atoms with E-state index in [2.05, 4.69) is 58.3 Å². The molecule has 0 radical (unpaired) electrons. The maximum atomic E-state index is 5.82. The van der Waals surface area contributed by atoms with E-state index in [1.54, 1.807) is 11.8 Å². The van der Waals surface area contributed by atoms with Crippen LogP contribution in [-0.2, 0) is 0 Å². The van der Waals surface area contributed by atoms with Crippen molar-refractivity contribution in [3.63, 3.8) is 0 Å². The quantitative estimate of drug-likeness (QED) is 0.375. The summed E-state index contributed by atoms with van der Waals surface area (Å²) in [6.45, 7) is 6.48. The molecule has 1 fully saturated rings. The van der Waals surface area contributed by atoms with E-state index in [9.17, 15) is 0 Å². The lowest BCUT2D eigenvalue weighted by atomic mass is 9.95. The van der Waals surface area contributed by atoms with Gasteiger partial charge in [0.15, 0.2) is 0 Å². The molecule has 0 bridgehead atoms. The Morgan fingerprint density at radius 2 is 2.16 bits per heavy atom. The van der Waals surface area contributed by atoms with Gasteiger partial charge < -0.3 is 4.90 Å². The topological polar surface area (TPSA) is 3.24 Å². The highest BCUT2D eigenvalue weighted by Gasteiger charge is 2.19. The minimum Gasteiger partial charge on any atom is -0.367 e. The third-order valence-corrected chi connectivity index (χ3v) is 5.39. The van der Waals surface area contributed by atoms with Crippen molar-refractivity contribution in [2.24, 2.45) is 5.92 Å². The average molecular weight is 408 g/mol. The Bertz CT molecular complexity index is 430. The van der Waals surface area contributed by atoms with Crippen molar-refractivity contribution in [2.75, 3.05) is 19.0 Å². The Hall–Kier alpha value is 0.130. The second-order valence-corrected chi connectivity index (χ2v) is 7.63. The lowest BCUT2D eigenvalue weighted by Gasteiger charge is -2.34. The van der Waals surface area contributed by atoms with Gasteiger partial charge in [-0.2, -0.15) is 0 Å². The lowest BCUT2D eigenvalue weighted by molar-refractivity contribution is 0.236. The van der Waals surface area contributed by atoms with Gasteiger partial charge >= 0.3 is 0 Å². The van der Waals surface area contributed by atoms with Gasteiger partial charge in [0.25, 0.3) is 0 Å². The SMILES string of the molecule is C=C(Sc1cccc(I)c1)N1CCC(CCCl)CC1. The summed E-state index contributed by atoms with van der Waals surface area (Å²) in [4.78, 5) is 3.69. The normalized spacial score (nSPS) is 16.6. The summed E-state index contributed by atoms with van der Waals surface area (Å²) < 4.78 is 1.27. The Morgan fingerprint density at radius 1 is 1.42 bits per heavy atom.